The van der Waals surface area contributed by atoms with Crippen molar-refractivity contribution in [2.75, 3.05) is 143 Å². The number of anilines is 7. The number of aliphatic hydroxyl groups excluding tert-OH is 4. The topological polar surface area (TPSA) is 456 Å². The zero-order valence-electron chi connectivity index (χ0n) is 62.4. The maximum Gasteiger partial charge on any atom is 0.337 e. The van der Waals surface area contributed by atoms with Crippen molar-refractivity contribution in [2.45, 2.75) is 64.3 Å². The molecule has 0 radical (unpaired) electrons. The Morgan fingerprint density at radius 3 is 1.00 bits per heavy atom. The van der Waals surface area contributed by atoms with Crippen molar-refractivity contribution >= 4 is 208 Å². The van der Waals surface area contributed by atoms with Crippen LogP contribution in [0.25, 0.3) is 40.9 Å². The molecule has 1 amide bonds. The molecule has 0 saturated heterocycles. The van der Waals surface area contributed by atoms with Crippen molar-refractivity contribution in [2.24, 2.45) is 5.73 Å². The predicted molar refractivity (Wildman–Crippen MR) is 455 cm³/mol. The molecule has 8 aromatic heterocycles. The number of halogens is 1. The first kappa shape index (κ1) is 89.9. The highest BCUT2D eigenvalue weighted by Gasteiger charge is 2.17. The molecule has 0 bridgehead atoms. The number of hydrogen-bond acceptors (Lipinski definition) is 38. The normalized spacial score (nSPS) is 11.7. The van der Waals surface area contributed by atoms with Crippen LogP contribution in [0, 0.1) is 0 Å². The number of aromatic nitrogens is 12. The second-order valence-electron chi connectivity index (χ2n) is 23.3. The van der Waals surface area contributed by atoms with E-state index < -0.39 is 30.4 Å². The number of aromatic carboxylic acids is 1. The lowest BCUT2D eigenvalue weighted by Crippen LogP contribution is -2.28. The summed E-state index contributed by atoms with van der Waals surface area (Å²) in [5.74, 6) is 0.184. The molecule has 41 heteroatoms. The Hall–Kier alpha value is -9.27. The van der Waals surface area contributed by atoms with E-state index in [4.69, 9.17) is 27.2 Å². The van der Waals surface area contributed by atoms with Crippen LogP contribution in [0.5, 0.6) is 0 Å². The maximum absolute atomic E-state index is 12.1. The van der Waals surface area contributed by atoms with Crippen LogP contribution in [-0.4, -0.2) is 244 Å². The van der Waals surface area contributed by atoms with Crippen molar-refractivity contribution in [1.29, 1.82) is 0 Å². The van der Waals surface area contributed by atoms with Gasteiger partial charge in [0.15, 0.2) is 19.9 Å². The van der Waals surface area contributed by atoms with E-state index in [1.165, 1.54) is 72.1 Å². The summed E-state index contributed by atoms with van der Waals surface area (Å²) in [7, 11) is 6.16. The predicted octanol–water partition coefficient (Wildman–Crippen LogP) is 11.3. The lowest BCUT2D eigenvalue weighted by Gasteiger charge is -2.12. The smallest absolute Gasteiger partial charge is 0.337 e. The van der Waals surface area contributed by atoms with Gasteiger partial charge in [0.2, 0.25) is 23.8 Å². The number of thiazole rings is 4. The lowest BCUT2D eigenvalue weighted by atomic mass is 10.2. The fraction of sp³-hybridized carbons (Fsp3) is 0.324. The van der Waals surface area contributed by atoms with Gasteiger partial charge in [-0.2, -0.15) is 0 Å². The third-order valence-electron chi connectivity index (χ3n) is 14.4. The van der Waals surface area contributed by atoms with Gasteiger partial charge in [-0.15, -0.1) is 58.4 Å². The van der Waals surface area contributed by atoms with Crippen LogP contribution in [0.4, 0.5) is 39.2 Å². The minimum Gasteiger partial charge on any atom is -0.478 e. The standard InChI is InChI=1S/C18H22N6O2S2.C17H19N5O3S2.C16H17N5O3S2.C9H6ClNO2S.C8H14N4OS.C3H8/c1-24(2)16(26)11-4-5-14-15(6-11)28-18(23-14)22-8-12(25)7-19-17-20-9-13(27-3)10-21-17;1-25-15(24)10-3-4-13-14(5-10)27-17(22-13)21-7-11(23)6-18-16-19-8-12(26-2)9-20-16;1-25-11-7-18-15(19-8-11)17-5-10(22)6-20-16-21-12-3-2-9(14(23)24)4-13(12)26-16;1-13-8(12)5-2-3-6-7(4-5)14-9(10)11-6;1-14-7-4-11-8(12-5-7)10-3-6(13)2-9;1-3-2/h4-6,9-10,12,25H,7-8H2,1-3H3,(H,22,23)(H,19,20,21);3-5,8-9,11,23H,6-7H2,1-2H3,(H,21,22)(H,18,19,20);2-4,7-8,10,22H,5-6H2,1H3,(H,20,21)(H,23,24)(H,17,18,19);2-4H,1H3;4-6,13H,2-3,9H2,1H3,(H,10,11,12);3H2,1-2H3/t12-;11-;10-;;6-;/m111.0./s1. The van der Waals surface area contributed by atoms with Gasteiger partial charge in [-0.05, 0) is 97.8 Å². The van der Waals surface area contributed by atoms with Gasteiger partial charge >= 0.3 is 17.9 Å². The highest BCUT2D eigenvalue weighted by molar-refractivity contribution is 7.99. The Morgan fingerprint density at radius 2 is 0.705 bits per heavy atom. The second-order valence-corrected chi connectivity index (χ2v) is 31.5. The van der Waals surface area contributed by atoms with Crippen LogP contribution in [0.1, 0.15) is 61.7 Å². The third-order valence-corrected chi connectivity index (χ3v) is 21.2. The first-order chi connectivity index (χ1) is 54.0. The van der Waals surface area contributed by atoms with E-state index in [1.54, 1.807) is 170 Å². The third kappa shape index (κ3) is 29.7. The second kappa shape index (κ2) is 47.3. The summed E-state index contributed by atoms with van der Waals surface area (Å²) in [4.78, 5) is 102. The number of methoxy groups -OCH3 is 2. The summed E-state index contributed by atoms with van der Waals surface area (Å²) in [5.41, 5.74) is 10.2. The molecule has 4 aromatic carbocycles. The molecule has 32 nitrogen and oxygen atoms in total. The Balaban J connectivity index is 0.000000197. The summed E-state index contributed by atoms with van der Waals surface area (Å²) < 4.78 is 13.3. The largest absolute Gasteiger partial charge is 0.478 e. The summed E-state index contributed by atoms with van der Waals surface area (Å²) >= 11 is 17.6. The van der Waals surface area contributed by atoms with E-state index in [-0.39, 0.29) is 30.0 Å². The van der Waals surface area contributed by atoms with Crippen molar-refractivity contribution < 1.29 is 54.2 Å². The number of ether oxygens (including phenoxy) is 2. The van der Waals surface area contributed by atoms with Crippen LogP contribution < -0.4 is 43.0 Å². The average Bonchev–Trinajstić information content (AvgIpc) is 1.69. The van der Waals surface area contributed by atoms with Gasteiger partial charge in [-0.25, -0.2) is 74.2 Å². The molecule has 0 unspecified atom stereocenters. The number of rotatable bonds is 30. The highest BCUT2D eigenvalue weighted by Crippen LogP contribution is 2.31. The first-order valence-corrected chi connectivity index (χ1v) is 42.4. The van der Waals surface area contributed by atoms with Crippen LogP contribution >= 0.6 is 104 Å². The quantitative estimate of drug-likeness (QED) is 0.0147. The zero-order valence-corrected chi connectivity index (χ0v) is 69.7. The van der Waals surface area contributed by atoms with Crippen LogP contribution in [-0.2, 0) is 9.47 Å². The summed E-state index contributed by atoms with van der Waals surface area (Å²) in [6.07, 6.45) is 20.4. The van der Waals surface area contributed by atoms with Gasteiger partial charge < -0.3 is 82.9 Å². The molecule has 8 heterocycles. The summed E-state index contributed by atoms with van der Waals surface area (Å²) in [6.45, 7) is 6.71. The van der Waals surface area contributed by atoms with Crippen molar-refractivity contribution in [3.8, 4) is 0 Å². The lowest BCUT2D eigenvalue weighted by molar-refractivity contribution is 0.0592. The molecule has 596 valence electrons. The van der Waals surface area contributed by atoms with Crippen LogP contribution in [0.2, 0.25) is 4.47 Å². The van der Waals surface area contributed by atoms with E-state index in [2.05, 4.69) is 116 Å². The highest BCUT2D eigenvalue weighted by atomic mass is 35.5. The number of aliphatic hydroxyl groups is 4. The van der Waals surface area contributed by atoms with E-state index >= 15 is 0 Å². The monoisotopic (exact) mass is 1700 g/mol. The molecule has 0 spiro atoms. The molecule has 4 atom stereocenters. The minimum atomic E-state index is -0.968. The number of carbonyl (C=O) groups is 4. The molecule has 0 fully saturated rings. The van der Waals surface area contributed by atoms with Gasteiger partial charge in [-0.1, -0.05) is 65.9 Å². The van der Waals surface area contributed by atoms with E-state index in [9.17, 15) is 39.6 Å². The van der Waals surface area contributed by atoms with Gasteiger partial charge in [-0.3, -0.25) is 4.79 Å². The Morgan fingerprint density at radius 1 is 0.438 bits per heavy atom. The fourth-order valence-corrected chi connectivity index (χ4v) is 13.8. The average molecular weight is 1700 g/mol. The number of amides is 1. The Kier molecular flexibility index (Phi) is 38.0. The molecule has 0 aliphatic heterocycles. The molecule has 12 rings (SSSR count). The molecule has 14 N–H and O–H groups in total. The number of nitrogens with one attached hydrogen (secondary N) is 7. The molecule has 0 saturated carbocycles. The van der Waals surface area contributed by atoms with Gasteiger partial charge in [0, 0.05) is 141 Å². The maximum atomic E-state index is 12.1. The zero-order chi connectivity index (χ0) is 81.1. The van der Waals surface area contributed by atoms with Crippen LogP contribution in [0.3, 0.4) is 0 Å². The SMILES string of the molecule is CCC.COC(=O)c1ccc2nc(Cl)sc2c1.COC(=O)c1ccc2nc(NC[C@H](O)CNc3ncc(SC)cn3)sc2c1.CSc1cnc(NC[C@@H](O)CN)nc1.CSc1cnc(NC[C@@H](O)CNc2nc3ccc(C(=O)N(C)C)cc3s2)nc1.CSc1cnc(NC[C@@H](O)CNc2nc3ccc(C(=O)O)cc3s2)nc1. The molecular formula is C71H86ClN21O11S8. The number of fused-ring (bicyclic) bond motifs is 4. The fourth-order valence-electron chi connectivity index (χ4n) is 8.71. The van der Waals surface area contributed by atoms with E-state index in [0.717, 1.165) is 60.4 Å². The summed E-state index contributed by atoms with van der Waals surface area (Å²) in [5, 5.41) is 71.7. The van der Waals surface area contributed by atoms with Crippen LogP contribution in [0.15, 0.2) is 142 Å². The number of carboxylic acids is 1. The molecule has 0 aliphatic carbocycles. The first-order valence-electron chi connectivity index (χ1n) is 33.9. The van der Waals surface area contributed by atoms with Crippen molar-refractivity contribution in [3.05, 3.63) is 149 Å². The number of benzene rings is 4. The number of esters is 2. The molecule has 0 aliphatic rings. The number of carbonyl (C=O) groups excluding carboxylic acids is 3. The number of nitrogens with zero attached hydrogens (tertiary/aromatic N) is 13. The van der Waals surface area contributed by atoms with Gasteiger partial charge in [0.25, 0.3) is 5.91 Å². The van der Waals surface area contributed by atoms with Gasteiger partial charge in [0.05, 0.1) is 96.2 Å². The number of thioether (sulfide) groups is 4. The van der Waals surface area contributed by atoms with Crippen molar-refractivity contribution in [1.82, 2.24) is 64.7 Å². The number of carboxylic acid groups (broad SMARTS) is 1. The van der Waals surface area contributed by atoms with Crippen molar-refractivity contribution in [3.63, 3.8) is 0 Å². The van der Waals surface area contributed by atoms with E-state index in [0.29, 0.717) is 106 Å². The molecule has 112 heavy (non-hydrogen) atoms. The number of nitrogens with two attached hydrogens (primary N) is 1. The van der Waals surface area contributed by atoms with E-state index in [1.807, 2.05) is 37.2 Å². The molecule has 12 aromatic rings. The Bertz CT molecular complexity index is 4910. The van der Waals surface area contributed by atoms with Gasteiger partial charge in [0.1, 0.15) is 0 Å². The molecular weight excluding hydrogens is 1610 g/mol. The summed E-state index contributed by atoms with van der Waals surface area (Å²) in [6, 6.07) is 20.6. The minimum absolute atomic E-state index is 0.0425. The number of hydrogen-bond donors (Lipinski definition) is 13. The Labute approximate surface area is 683 Å².